The van der Waals surface area contributed by atoms with E-state index in [0.717, 1.165) is 12.8 Å². The van der Waals surface area contributed by atoms with Gasteiger partial charge in [-0.2, -0.15) is 0 Å². The van der Waals surface area contributed by atoms with Gasteiger partial charge in [0, 0.05) is 51.1 Å². The first-order chi connectivity index (χ1) is 11.2. The van der Waals surface area contributed by atoms with Crippen LogP contribution in [0.15, 0.2) is 0 Å². The average molecular weight is 367 g/mol. The van der Waals surface area contributed by atoms with Gasteiger partial charge < -0.3 is 4.74 Å². The van der Waals surface area contributed by atoms with E-state index in [2.05, 4.69) is 11.7 Å². The van der Waals surface area contributed by atoms with Crippen LogP contribution in [0.4, 0.5) is 0 Å². The first-order valence-corrected chi connectivity index (χ1v) is 9.88. The fraction of sp³-hybridized carbons (Fsp3) is 0.900. The van der Waals surface area contributed by atoms with Gasteiger partial charge in [-0.15, -0.1) is 0 Å². The van der Waals surface area contributed by atoms with Crippen LogP contribution in [0.25, 0.3) is 0 Å². The predicted octanol–water partition coefficient (Wildman–Crippen LogP) is 5.96. The van der Waals surface area contributed by atoms with Gasteiger partial charge in [0.05, 0.1) is 0 Å². The Morgan fingerprint density at radius 1 is 0.625 bits per heavy atom. The van der Waals surface area contributed by atoms with Crippen LogP contribution in [0.5, 0.6) is 0 Å². The molecule has 0 fully saturated rings. The van der Waals surface area contributed by atoms with Gasteiger partial charge in [-0.1, -0.05) is 96.8 Å². The van der Waals surface area contributed by atoms with E-state index in [4.69, 9.17) is 0 Å². The summed E-state index contributed by atoms with van der Waals surface area (Å²) in [7, 11) is 0. The van der Waals surface area contributed by atoms with Crippen LogP contribution in [-0.4, -0.2) is 49.7 Å². The second kappa shape index (κ2) is 21.4. The zero-order valence-corrected chi connectivity index (χ0v) is 18.5. The largest absolute Gasteiger partial charge is 0.393 e. The van der Waals surface area contributed by atoms with Crippen molar-refractivity contribution in [1.29, 1.82) is 0 Å². The van der Waals surface area contributed by atoms with Crippen LogP contribution < -0.4 is 0 Å². The van der Waals surface area contributed by atoms with E-state index in [1.54, 1.807) is 0 Å². The number of ether oxygens (including phenoxy) is 1. The summed E-state index contributed by atoms with van der Waals surface area (Å²) in [6.45, 7) is 3.53. The number of hydrogen-bond acceptors (Lipinski definition) is 3. The Kier molecular flexibility index (Phi) is 23.8. The van der Waals surface area contributed by atoms with E-state index >= 15 is 0 Å². The third-order valence-electron chi connectivity index (χ3n) is 4.24. The predicted molar refractivity (Wildman–Crippen MR) is 102 cm³/mol. The molecule has 0 heterocycles. The third-order valence-corrected chi connectivity index (χ3v) is 4.24. The van der Waals surface area contributed by atoms with E-state index in [9.17, 15) is 9.59 Å². The molecule has 24 heavy (non-hydrogen) atoms. The minimum Gasteiger partial charge on any atom is -0.393 e. The van der Waals surface area contributed by atoms with Crippen LogP contribution in [0, 0.1) is 0 Å². The molecule has 0 spiro atoms. The number of carbonyl (C=O) groups excluding carboxylic acids is 2. The van der Waals surface area contributed by atoms with Gasteiger partial charge in [-0.05, 0) is 6.42 Å². The molecule has 4 heteroatoms. The molecular weight excluding hydrogens is 328 g/mol. The quantitative estimate of drug-likeness (QED) is 0.147. The van der Waals surface area contributed by atoms with Gasteiger partial charge in [0.15, 0.2) is 0 Å². The zero-order valence-electron chi connectivity index (χ0n) is 16.2. The molecule has 2 radical (unpaired) electrons. The summed E-state index contributed by atoms with van der Waals surface area (Å²) in [5.41, 5.74) is 0. The summed E-state index contributed by atoms with van der Waals surface area (Å²) < 4.78 is 4.49. The SMILES string of the molecule is CCCCCCCCCCCCCCCCCC(=O)OC(C)=O.[Ca]. The molecular formula is C20H38CaO3. The summed E-state index contributed by atoms with van der Waals surface area (Å²) in [6.07, 6.45) is 20.0. The molecule has 138 valence electrons. The van der Waals surface area contributed by atoms with Crippen molar-refractivity contribution in [3.05, 3.63) is 0 Å². The van der Waals surface area contributed by atoms with Crippen LogP contribution in [0.2, 0.25) is 0 Å². The second-order valence-electron chi connectivity index (χ2n) is 6.67. The van der Waals surface area contributed by atoms with Crippen molar-refractivity contribution in [3.8, 4) is 0 Å². The van der Waals surface area contributed by atoms with Crippen molar-refractivity contribution in [2.24, 2.45) is 0 Å². The molecule has 3 nitrogen and oxygen atoms in total. The number of unbranched alkanes of at least 4 members (excludes halogenated alkanes) is 14. The maximum absolute atomic E-state index is 11.1. The van der Waals surface area contributed by atoms with Crippen molar-refractivity contribution >= 4 is 49.7 Å². The standard InChI is InChI=1S/C20H38O3.Ca/c1-3-4-5-6-7-8-9-10-11-12-13-14-15-16-17-18-20(22)23-19(2)21;/h3-18H2,1-2H3;. The van der Waals surface area contributed by atoms with Crippen LogP contribution in [-0.2, 0) is 14.3 Å². The summed E-state index contributed by atoms with van der Waals surface area (Å²) in [5.74, 6) is -0.886. The van der Waals surface area contributed by atoms with Crippen molar-refractivity contribution in [3.63, 3.8) is 0 Å². The normalized spacial score (nSPS) is 10.2. The summed E-state index contributed by atoms with van der Waals surface area (Å²) in [4.78, 5) is 21.7. The van der Waals surface area contributed by atoms with Crippen molar-refractivity contribution in [2.75, 3.05) is 0 Å². The fourth-order valence-corrected chi connectivity index (χ4v) is 2.85. The van der Waals surface area contributed by atoms with Gasteiger partial charge >= 0.3 is 11.9 Å². The summed E-state index contributed by atoms with van der Waals surface area (Å²) >= 11 is 0. The van der Waals surface area contributed by atoms with E-state index in [-0.39, 0.29) is 43.7 Å². The van der Waals surface area contributed by atoms with E-state index in [0.29, 0.717) is 6.42 Å². The first-order valence-electron chi connectivity index (χ1n) is 9.88. The average Bonchev–Trinajstić information content (AvgIpc) is 2.50. The molecule has 0 aromatic carbocycles. The van der Waals surface area contributed by atoms with Crippen molar-refractivity contribution in [1.82, 2.24) is 0 Å². The monoisotopic (exact) mass is 366 g/mol. The number of carbonyl (C=O) groups is 2. The Labute approximate surface area is 179 Å². The van der Waals surface area contributed by atoms with Gasteiger partial charge in [-0.25, -0.2) is 0 Å². The van der Waals surface area contributed by atoms with Crippen LogP contribution in [0.3, 0.4) is 0 Å². The number of hydrogen-bond donors (Lipinski definition) is 0. The van der Waals surface area contributed by atoms with Crippen LogP contribution >= 0.6 is 0 Å². The maximum Gasteiger partial charge on any atom is 0.313 e. The van der Waals surface area contributed by atoms with Gasteiger partial charge in [0.2, 0.25) is 0 Å². The molecule has 0 saturated carbocycles. The molecule has 0 N–H and O–H groups in total. The molecule has 0 aliphatic carbocycles. The second-order valence-corrected chi connectivity index (χ2v) is 6.67. The summed E-state index contributed by atoms with van der Waals surface area (Å²) in [5, 5.41) is 0. The molecule has 0 aliphatic heterocycles. The molecule has 0 unspecified atom stereocenters. The smallest absolute Gasteiger partial charge is 0.313 e. The van der Waals surface area contributed by atoms with E-state index < -0.39 is 5.97 Å². The molecule has 0 atom stereocenters. The maximum atomic E-state index is 11.1. The Balaban J connectivity index is 0. The Hall–Kier alpha value is 0.400. The zero-order chi connectivity index (χ0) is 17.2. The first kappa shape index (κ1) is 26.6. The topological polar surface area (TPSA) is 43.4 Å². The van der Waals surface area contributed by atoms with Crippen molar-refractivity contribution in [2.45, 2.75) is 117 Å². The third kappa shape index (κ3) is 22.4. The molecule has 0 aromatic heterocycles. The van der Waals surface area contributed by atoms with Gasteiger partial charge in [-0.3, -0.25) is 9.59 Å². The van der Waals surface area contributed by atoms with Gasteiger partial charge in [0.1, 0.15) is 0 Å². The number of esters is 2. The molecule has 0 aromatic rings. The molecule has 0 bridgehead atoms. The fourth-order valence-electron chi connectivity index (χ4n) is 2.85. The molecule has 0 amide bonds. The Morgan fingerprint density at radius 2 is 0.958 bits per heavy atom. The Morgan fingerprint density at radius 3 is 1.29 bits per heavy atom. The van der Waals surface area contributed by atoms with Gasteiger partial charge in [0.25, 0.3) is 0 Å². The van der Waals surface area contributed by atoms with Crippen molar-refractivity contribution < 1.29 is 14.3 Å². The van der Waals surface area contributed by atoms with E-state index in [1.165, 1.54) is 90.4 Å². The molecule has 0 aliphatic rings. The Bertz CT molecular complexity index is 293. The molecule has 0 rings (SSSR count). The van der Waals surface area contributed by atoms with E-state index in [1.807, 2.05) is 0 Å². The molecule has 0 saturated heterocycles. The van der Waals surface area contributed by atoms with Crippen LogP contribution in [0.1, 0.15) is 117 Å². The minimum atomic E-state index is -0.504. The summed E-state index contributed by atoms with van der Waals surface area (Å²) in [6, 6.07) is 0. The number of rotatable bonds is 16. The minimum absolute atomic E-state index is 0.